The first-order chi connectivity index (χ1) is 9.45. The molecule has 0 aliphatic heterocycles. The van der Waals surface area contributed by atoms with Crippen molar-refractivity contribution < 1.29 is 4.79 Å². The van der Waals surface area contributed by atoms with Gasteiger partial charge in [0.2, 0.25) is 5.91 Å². The first kappa shape index (κ1) is 14.5. The van der Waals surface area contributed by atoms with E-state index in [4.69, 9.17) is 0 Å². The van der Waals surface area contributed by atoms with Crippen LogP contribution in [0.2, 0.25) is 0 Å². The minimum Gasteiger partial charge on any atom is -0.298 e. The van der Waals surface area contributed by atoms with Gasteiger partial charge in [-0.2, -0.15) is 0 Å². The third kappa shape index (κ3) is 4.03. The molecule has 1 aromatic carbocycles. The van der Waals surface area contributed by atoms with Crippen molar-refractivity contribution in [3.8, 4) is 0 Å². The number of amides is 1. The summed E-state index contributed by atoms with van der Waals surface area (Å²) in [5.74, 6) is -0.163. The van der Waals surface area contributed by atoms with Crippen molar-refractivity contribution in [3.63, 3.8) is 0 Å². The van der Waals surface area contributed by atoms with E-state index < -0.39 is 0 Å². The van der Waals surface area contributed by atoms with E-state index in [1.807, 2.05) is 35.7 Å². The molecule has 0 radical (unpaired) electrons. The van der Waals surface area contributed by atoms with Crippen molar-refractivity contribution in [1.29, 1.82) is 0 Å². The number of nitrogens with zero attached hydrogens (tertiary/aromatic N) is 1. The monoisotopic (exact) mass is 286 g/mol. The van der Waals surface area contributed by atoms with Gasteiger partial charge in [0.15, 0.2) is 5.13 Å². The molecule has 0 saturated carbocycles. The number of benzene rings is 1. The summed E-state index contributed by atoms with van der Waals surface area (Å²) in [4.78, 5) is 16.2. The van der Waals surface area contributed by atoms with Crippen LogP contribution < -0.4 is 5.32 Å². The highest BCUT2D eigenvalue weighted by Crippen LogP contribution is 2.26. The summed E-state index contributed by atoms with van der Waals surface area (Å²) in [6.45, 7) is 6.30. The predicted molar refractivity (Wildman–Crippen MR) is 84.9 cm³/mol. The zero-order chi connectivity index (χ0) is 14.6. The second-order valence-corrected chi connectivity index (χ2v) is 6.38. The van der Waals surface area contributed by atoms with E-state index in [-0.39, 0.29) is 11.3 Å². The Bertz CT molecular complexity index is 609. The van der Waals surface area contributed by atoms with Gasteiger partial charge in [0.05, 0.1) is 5.69 Å². The Labute approximate surface area is 123 Å². The molecule has 1 N–H and O–H groups in total. The molecule has 0 fully saturated rings. The molecule has 104 valence electrons. The van der Waals surface area contributed by atoms with Crippen molar-refractivity contribution in [2.45, 2.75) is 26.2 Å². The van der Waals surface area contributed by atoms with E-state index in [0.717, 1.165) is 11.3 Å². The lowest BCUT2D eigenvalue weighted by molar-refractivity contribution is -0.111. The number of aromatic nitrogens is 1. The van der Waals surface area contributed by atoms with Crippen LogP contribution in [0, 0.1) is 0 Å². The summed E-state index contributed by atoms with van der Waals surface area (Å²) < 4.78 is 0. The molecule has 4 heteroatoms. The molecule has 0 saturated heterocycles. The zero-order valence-corrected chi connectivity index (χ0v) is 12.7. The Morgan fingerprint density at radius 3 is 2.55 bits per heavy atom. The van der Waals surface area contributed by atoms with Crippen LogP contribution in [-0.2, 0) is 10.2 Å². The molecular weight excluding hydrogens is 268 g/mol. The molecule has 3 nitrogen and oxygen atoms in total. The molecule has 1 heterocycles. The molecule has 1 aromatic heterocycles. The molecule has 20 heavy (non-hydrogen) atoms. The van der Waals surface area contributed by atoms with Gasteiger partial charge in [-0.05, 0) is 11.6 Å². The lowest BCUT2D eigenvalue weighted by atomic mass is 9.93. The number of carbonyl (C=O) groups excluding carboxylic acids is 1. The molecule has 0 bridgehead atoms. The minimum atomic E-state index is -0.163. The van der Waals surface area contributed by atoms with Crippen molar-refractivity contribution in [3.05, 3.63) is 53.0 Å². The fourth-order valence-electron chi connectivity index (χ4n) is 1.56. The van der Waals surface area contributed by atoms with E-state index in [0.29, 0.717) is 5.13 Å². The topological polar surface area (TPSA) is 42.0 Å². The highest BCUT2D eigenvalue weighted by molar-refractivity contribution is 7.14. The summed E-state index contributed by atoms with van der Waals surface area (Å²) in [6, 6.07) is 9.72. The first-order valence-electron chi connectivity index (χ1n) is 6.45. The summed E-state index contributed by atoms with van der Waals surface area (Å²) in [6.07, 6.45) is 3.31. The SMILES string of the molecule is CC(C)(C)c1csc(NC(=O)/C=C/c2ccccc2)n1. The molecule has 0 aliphatic carbocycles. The van der Waals surface area contributed by atoms with E-state index in [9.17, 15) is 4.79 Å². The Morgan fingerprint density at radius 1 is 1.25 bits per heavy atom. The van der Waals surface area contributed by atoms with E-state index in [1.165, 1.54) is 17.4 Å². The Morgan fingerprint density at radius 2 is 1.95 bits per heavy atom. The van der Waals surface area contributed by atoms with E-state index >= 15 is 0 Å². The third-order valence-electron chi connectivity index (χ3n) is 2.73. The summed E-state index contributed by atoms with van der Waals surface area (Å²) in [7, 11) is 0. The normalized spacial score (nSPS) is 11.8. The van der Waals surface area contributed by atoms with Gasteiger partial charge < -0.3 is 0 Å². The van der Waals surface area contributed by atoms with Crippen LogP contribution in [-0.4, -0.2) is 10.9 Å². The number of hydrogen-bond acceptors (Lipinski definition) is 3. The highest BCUT2D eigenvalue weighted by Gasteiger charge is 2.17. The number of thiazole rings is 1. The molecular formula is C16H18N2OS. The van der Waals surface area contributed by atoms with Crippen LogP contribution in [0.1, 0.15) is 32.0 Å². The van der Waals surface area contributed by atoms with Gasteiger partial charge in [-0.25, -0.2) is 4.98 Å². The maximum Gasteiger partial charge on any atom is 0.250 e. The van der Waals surface area contributed by atoms with Gasteiger partial charge in [-0.15, -0.1) is 11.3 Å². The first-order valence-corrected chi connectivity index (χ1v) is 7.33. The molecule has 2 rings (SSSR count). The molecule has 0 atom stereocenters. The lowest BCUT2D eigenvalue weighted by Gasteiger charge is -2.14. The fourth-order valence-corrected chi connectivity index (χ4v) is 2.50. The number of hydrogen-bond donors (Lipinski definition) is 1. The van der Waals surface area contributed by atoms with Gasteiger partial charge in [0.1, 0.15) is 0 Å². The number of nitrogens with one attached hydrogen (secondary N) is 1. The van der Waals surface area contributed by atoms with E-state index in [1.54, 1.807) is 6.08 Å². The second kappa shape index (κ2) is 6.01. The molecule has 0 spiro atoms. The molecule has 2 aromatic rings. The smallest absolute Gasteiger partial charge is 0.250 e. The number of rotatable bonds is 3. The zero-order valence-electron chi connectivity index (χ0n) is 11.9. The average Bonchev–Trinajstić information content (AvgIpc) is 2.86. The Kier molecular flexibility index (Phi) is 4.35. The molecule has 0 unspecified atom stereocenters. The van der Waals surface area contributed by atoms with Crippen LogP contribution in [0.15, 0.2) is 41.8 Å². The predicted octanol–water partition coefficient (Wildman–Crippen LogP) is 4.09. The van der Waals surface area contributed by atoms with Crippen LogP contribution in [0.4, 0.5) is 5.13 Å². The van der Waals surface area contributed by atoms with Crippen LogP contribution in [0.5, 0.6) is 0 Å². The summed E-state index contributed by atoms with van der Waals surface area (Å²) >= 11 is 1.45. The van der Waals surface area contributed by atoms with Crippen LogP contribution in [0.3, 0.4) is 0 Å². The Hall–Kier alpha value is -1.94. The average molecular weight is 286 g/mol. The summed E-state index contributed by atoms with van der Waals surface area (Å²) in [5, 5.41) is 5.41. The quantitative estimate of drug-likeness (QED) is 0.863. The van der Waals surface area contributed by atoms with Gasteiger partial charge >= 0.3 is 0 Å². The van der Waals surface area contributed by atoms with Gasteiger partial charge in [0.25, 0.3) is 0 Å². The van der Waals surface area contributed by atoms with Crippen molar-refractivity contribution >= 4 is 28.5 Å². The standard InChI is InChI=1S/C16H18N2OS/c1-16(2,3)13-11-20-15(17-13)18-14(19)10-9-12-7-5-4-6-8-12/h4-11H,1-3H3,(H,17,18,19)/b10-9+. The third-order valence-corrected chi connectivity index (χ3v) is 3.49. The lowest BCUT2D eigenvalue weighted by Crippen LogP contribution is -2.12. The van der Waals surface area contributed by atoms with Gasteiger partial charge in [-0.1, -0.05) is 51.1 Å². The van der Waals surface area contributed by atoms with Gasteiger partial charge in [0, 0.05) is 16.9 Å². The van der Waals surface area contributed by atoms with Crippen molar-refractivity contribution in [2.75, 3.05) is 5.32 Å². The highest BCUT2D eigenvalue weighted by atomic mass is 32.1. The van der Waals surface area contributed by atoms with Crippen LogP contribution in [0.25, 0.3) is 6.08 Å². The molecule has 0 aliphatic rings. The maximum absolute atomic E-state index is 11.8. The van der Waals surface area contributed by atoms with Crippen molar-refractivity contribution in [2.24, 2.45) is 0 Å². The largest absolute Gasteiger partial charge is 0.298 e. The second-order valence-electron chi connectivity index (χ2n) is 5.52. The summed E-state index contributed by atoms with van der Waals surface area (Å²) in [5.41, 5.74) is 1.99. The van der Waals surface area contributed by atoms with Gasteiger partial charge in [-0.3, -0.25) is 10.1 Å². The van der Waals surface area contributed by atoms with Crippen LogP contribution >= 0.6 is 11.3 Å². The Balaban J connectivity index is 1.98. The maximum atomic E-state index is 11.8. The number of anilines is 1. The molecule has 1 amide bonds. The fraction of sp³-hybridized carbons (Fsp3) is 0.250. The van der Waals surface area contributed by atoms with Crippen molar-refractivity contribution in [1.82, 2.24) is 4.98 Å². The minimum absolute atomic E-state index is 0.000639. The number of carbonyl (C=O) groups is 1. The van der Waals surface area contributed by atoms with E-state index in [2.05, 4.69) is 31.1 Å².